The molecule has 2 aromatic heterocycles. The van der Waals surface area contributed by atoms with Crippen LogP contribution < -0.4 is 5.32 Å². The van der Waals surface area contributed by atoms with E-state index in [-0.39, 0.29) is 5.91 Å². The van der Waals surface area contributed by atoms with Crippen LogP contribution in [0.3, 0.4) is 0 Å². The molecule has 0 spiro atoms. The molecular weight excluding hydrogens is 374 g/mol. The van der Waals surface area contributed by atoms with Crippen LogP contribution >= 0.6 is 0 Å². The number of nitrogens with zero attached hydrogens (tertiary/aromatic N) is 3. The van der Waals surface area contributed by atoms with Crippen molar-refractivity contribution >= 4 is 22.6 Å². The smallest absolute Gasteiger partial charge is 0.237 e. The highest BCUT2D eigenvalue weighted by atomic mass is 16.2. The molecule has 1 aromatic carbocycles. The Morgan fingerprint density at radius 2 is 2.10 bits per heavy atom. The number of fused-ring (bicyclic) bond motifs is 3. The number of carbonyl (C=O) groups is 1. The van der Waals surface area contributed by atoms with Crippen LogP contribution in [-0.4, -0.2) is 58.4 Å². The van der Waals surface area contributed by atoms with Gasteiger partial charge in [-0.05, 0) is 44.0 Å². The van der Waals surface area contributed by atoms with E-state index in [0.717, 1.165) is 57.1 Å². The van der Waals surface area contributed by atoms with E-state index in [2.05, 4.69) is 44.5 Å². The van der Waals surface area contributed by atoms with E-state index in [9.17, 15) is 4.79 Å². The maximum atomic E-state index is 13.0. The fraction of sp³-hybridized carbons (Fsp3) is 0.417. The Hall–Kier alpha value is -2.86. The van der Waals surface area contributed by atoms with Gasteiger partial charge in [0.25, 0.3) is 0 Å². The molecule has 0 saturated carbocycles. The van der Waals surface area contributed by atoms with E-state index in [4.69, 9.17) is 0 Å². The van der Waals surface area contributed by atoms with E-state index in [1.807, 2.05) is 30.0 Å². The summed E-state index contributed by atoms with van der Waals surface area (Å²) in [5, 5.41) is 4.71. The number of carbonyl (C=O) groups excluding carboxylic acids is 1. The molecule has 4 heterocycles. The molecule has 0 radical (unpaired) electrons. The van der Waals surface area contributed by atoms with Crippen molar-refractivity contribution in [1.29, 1.82) is 0 Å². The minimum absolute atomic E-state index is 0.250. The number of aryl methyl sites for hydroxylation is 1. The minimum Gasteiger partial charge on any atom is -0.370 e. The van der Waals surface area contributed by atoms with E-state index < -0.39 is 0 Å². The summed E-state index contributed by atoms with van der Waals surface area (Å²) in [5.74, 6) is 1.74. The monoisotopic (exact) mass is 403 g/mol. The Bertz CT molecular complexity index is 1060. The summed E-state index contributed by atoms with van der Waals surface area (Å²) < 4.78 is 0. The zero-order chi connectivity index (χ0) is 20.5. The van der Waals surface area contributed by atoms with Crippen molar-refractivity contribution in [2.45, 2.75) is 26.3 Å². The van der Waals surface area contributed by atoms with Gasteiger partial charge < -0.3 is 15.2 Å². The number of hydrogen-bond acceptors (Lipinski definition) is 4. The number of anilines is 1. The standard InChI is InChI=1S/C24H29N5O/c1-17-5-4-8-23(26-17)25-13-18-9-11-28(14-18)16-24(30)29-12-10-22-20(15-29)19-6-2-3-7-21(19)27-22/h2-8,18,27H,9-16H2,1H3,(H,25,26). The molecule has 1 fully saturated rings. The quantitative estimate of drug-likeness (QED) is 0.687. The van der Waals surface area contributed by atoms with Gasteiger partial charge in [-0.2, -0.15) is 0 Å². The van der Waals surface area contributed by atoms with Gasteiger partial charge in [0.1, 0.15) is 5.82 Å². The molecule has 6 nitrogen and oxygen atoms in total. The number of likely N-dealkylation sites (tertiary alicyclic amines) is 1. The third-order valence-corrected chi connectivity index (χ3v) is 6.42. The van der Waals surface area contributed by atoms with Crippen LogP contribution in [0.1, 0.15) is 23.4 Å². The number of para-hydroxylation sites is 1. The molecule has 1 atom stereocenters. The number of rotatable bonds is 5. The van der Waals surface area contributed by atoms with Gasteiger partial charge in [0.2, 0.25) is 5.91 Å². The maximum absolute atomic E-state index is 13.0. The molecule has 2 aliphatic heterocycles. The van der Waals surface area contributed by atoms with Gasteiger partial charge in [-0.15, -0.1) is 0 Å². The van der Waals surface area contributed by atoms with Gasteiger partial charge in [-0.3, -0.25) is 9.69 Å². The lowest BCUT2D eigenvalue weighted by Gasteiger charge is -2.29. The summed E-state index contributed by atoms with van der Waals surface area (Å²) >= 11 is 0. The number of hydrogen-bond donors (Lipinski definition) is 2. The molecule has 6 heteroatoms. The summed E-state index contributed by atoms with van der Waals surface area (Å²) in [6.45, 7) is 6.92. The van der Waals surface area contributed by atoms with Gasteiger partial charge in [-0.1, -0.05) is 24.3 Å². The molecule has 30 heavy (non-hydrogen) atoms. The summed E-state index contributed by atoms with van der Waals surface area (Å²) in [4.78, 5) is 25.4. The van der Waals surface area contributed by atoms with Crippen molar-refractivity contribution in [3.63, 3.8) is 0 Å². The second-order valence-corrected chi connectivity index (χ2v) is 8.63. The Balaban J connectivity index is 1.15. The Labute approximate surface area is 177 Å². The van der Waals surface area contributed by atoms with Crippen LogP contribution in [0.25, 0.3) is 10.9 Å². The molecular formula is C24H29N5O. The van der Waals surface area contributed by atoms with Gasteiger partial charge in [0.15, 0.2) is 0 Å². The summed E-state index contributed by atoms with van der Waals surface area (Å²) in [5.41, 5.74) is 4.78. The van der Waals surface area contributed by atoms with Crippen LogP contribution in [0, 0.1) is 12.8 Å². The fourth-order valence-electron chi connectivity index (χ4n) is 4.78. The zero-order valence-corrected chi connectivity index (χ0v) is 17.5. The van der Waals surface area contributed by atoms with E-state index in [0.29, 0.717) is 12.5 Å². The highest BCUT2D eigenvalue weighted by Crippen LogP contribution is 2.28. The van der Waals surface area contributed by atoms with Gasteiger partial charge in [0.05, 0.1) is 6.54 Å². The number of pyridine rings is 1. The predicted octanol–water partition coefficient (Wildman–Crippen LogP) is 3.19. The van der Waals surface area contributed by atoms with Crippen LogP contribution in [0.15, 0.2) is 42.5 Å². The topological polar surface area (TPSA) is 64.3 Å². The minimum atomic E-state index is 0.250. The molecule has 1 unspecified atom stereocenters. The molecule has 2 N–H and O–H groups in total. The van der Waals surface area contributed by atoms with Gasteiger partial charge >= 0.3 is 0 Å². The average Bonchev–Trinajstić information content (AvgIpc) is 3.36. The first-order valence-electron chi connectivity index (χ1n) is 10.9. The van der Waals surface area contributed by atoms with Crippen molar-refractivity contribution < 1.29 is 4.79 Å². The summed E-state index contributed by atoms with van der Waals surface area (Å²) in [7, 11) is 0. The van der Waals surface area contributed by atoms with Crippen LogP contribution in [-0.2, 0) is 17.8 Å². The molecule has 156 valence electrons. The Morgan fingerprint density at radius 1 is 1.20 bits per heavy atom. The molecule has 0 aliphatic carbocycles. The molecule has 2 aliphatic rings. The largest absolute Gasteiger partial charge is 0.370 e. The molecule has 3 aromatic rings. The molecule has 5 rings (SSSR count). The van der Waals surface area contributed by atoms with Crippen molar-refractivity contribution in [2.24, 2.45) is 5.92 Å². The Morgan fingerprint density at radius 3 is 3.00 bits per heavy atom. The normalized spacial score (nSPS) is 19.2. The van der Waals surface area contributed by atoms with E-state index >= 15 is 0 Å². The number of H-pyrrole nitrogens is 1. The van der Waals surface area contributed by atoms with Crippen molar-refractivity contribution in [2.75, 3.05) is 38.0 Å². The van der Waals surface area contributed by atoms with E-state index in [1.165, 1.54) is 22.2 Å². The van der Waals surface area contributed by atoms with Crippen LogP contribution in [0.2, 0.25) is 0 Å². The fourth-order valence-corrected chi connectivity index (χ4v) is 4.78. The second-order valence-electron chi connectivity index (χ2n) is 8.63. The van der Waals surface area contributed by atoms with Gasteiger partial charge in [-0.25, -0.2) is 4.98 Å². The van der Waals surface area contributed by atoms with Crippen LogP contribution in [0.5, 0.6) is 0 Å². The average molecular weight is 404 g/mol. The maximum Gasteiger partial charge on any atom is 0.237 e. The number of benzene rings is 1. The SMILES string of the molecule is Cc1cccc(NCC2CCN(CC(=O)N3CCc4[nH]c5ccccc5c4C3)C2)n1. The molecule has 1 amide bonds. The highest BCUT2D eigenvalue weighted by molar-refractivity contribution is 5.86. The first-order chi connectivity index (χ1) is 14.7. The number of nitrogens with one attached hydrogen (secondary N) is 2. The number of aromatic amines is 1. The third kappa shape index (κ3) is 3.92. The van der Waals surface area contributed by atoms with Crippen molar-refractivity contribution in [3.05, 3.63) is 59.4 Å². The lowest BCUT2D eigenvalue weighted by Crippen LogP contribution is -2.42. The van der Waals surface area contributed by atoms with Crippen molar-refractivity contribution in [3.8, 4) is 0 Å². The van der Waals surface area contributed by atoms with E-state index in [1.54, 1.807) is 0 Å². The number of amides is 1. The number of aromatic nitrogens is 2. The first kappa shape index (κ1) is 19.1. The van der Waals surface area contributed by atoms with Gasteiger partial charge in [0, 0.05) is 60.5 Å². The zero-order valence-electron chi connectivity index (χ0n) is 17.5. The lowest BCUT2D eigenvalue weighted by atomic mass is 10.0. The lowest BCUT2D eigenvalue weighted by molar-refractivity contribution is -0.133. The first-order valence-corrected chi connectivity index (χ1v) is 10.9. The molecule has 1 saturated heterocycles. The second kappa shape index (κ2) is 8.11. The highest BCUT2D eigenvalue weighted by Gasteiger charge is 2.28. The Kier molecular flexibility index (Phi) is 5.17. The van der Waals surface area contributed by atoms with Crippen molar-refractivity contribution in [1.82, 2.24) is 19.8 Å². The predicted molar refractivity (Wildman–Crippen MR) is 119 cm³/mol. The summed E-state index contributed by atoms with van der Waals surface area (Å²) in [6.07, 6.45) is 2.03. The molecule has 0 bridgehead atoms. The van der Waals surface area contributed by atoms with Crippen LogP contribution in [0.4, 0.5) is 5.82 Å². The summed E-state index contributed by atoms with van der Waals surface area (Å²) in [6, 6.07) is 14.4. The third-order valence-electron chi connectivity index (χ3n) is 6.42.